The minimum Gasteiger partial charge on any atom is -0.497 e. The number of carbonyl (C=O) groups excluding carboxylic acids is 3. The molecule has 8 nitrogen and oxygen atoms in total. The number of nitrogens with zero attached hydrogens (tertiary/aromatic N) is 1. The van der Waals surface area contributed by atoms with Crippen LogP contribution in [0.4, 0.5) is 0 Å². The number of esters is 2. The Hall–Kier alpha value is -3.59. The van der Waals surface area contributed by atoms with Crippen molar-refractivity contribution in [2.75, 3.05) is 26.6 Å². The summed E-state index contributed by atoms with van der Waals surface area (Å²) < 4.78 is 21.5. The van der Waals surface area contributed by atoms with Crippen LogP contribution < -0.4 is 4.74 Å². The number of hydrogen-bond acceptors (Lipinski definition) is 9. The molecule has 0 radical (unpaired) electrons. The first kappa shape index (κ1) is 30.0. The lowest BCUT2D eigenvalue weighted by Gasteiger charge is -2.32. The Balaban J connectivity index is 2.10. The molecule has 208 valence electrons. The molecule has 0 N–H and O–H groups in total. The Labute approximate surface area is 233 Å². The van der Waals surface area contributed by atoms with Crippen LogP contribution in [0.25, 0.3) is 0 Å². The maximum absolute atomic E-state index is 13.5. The predicted octanol–water partition coefficient (Wildman–Crippen LogP) is 5.67. The van der Waals surface area contributed by atoms with E-state index in [-0.39, 0.29) is 13.2 Å². The van der Waals surface area contributed by atoms with E-state index >= 15 is 0 Å². The highest BCUT2D eigenvalue weighted by Crippen LogP contribution is 2.42. The molecule has 2 aromatic rings. The Kier molecular flexibility index (Phi) is 11.2. The Bertz CT molecular complexity index is 1220. The van der Waals surface area contributed by atoms with E-state index in [0.29, 0.717) is 42.0 Å². The number of ether oxygens (including phenoxy) is 4. The summed E-state index contributed by atoms with van der Waals surface area (Å²) in [5.41, 5.74) is 2.95. The van der Waals surface area contributed by atoms with Gasteiger partial charge in [-0.1, -0.05) is 24.3 Å². The van der Waals surface area contributed by atoms with Crippen LogP contribution in [-0.2, 0) is 28.6 Å². The molecule has 1 aliphatic rings. The second-order valence-corrected chi connectivity index (χ2v) is 9.73. The molecular formula is C30H35NO7S. The zero-order valence-corrected chi connectivity index (χ0v) is 23.8. The molecule has 0 aromatic heterocycles. The second kappa shape index (κ2) is 14.5. The molecule has 0 aliphatic carbocycles. The van der Waals surface area contributed by atoms with Crippen molar-refractivity contribution in [3.63, 3.8) is 0 Å². The molecule has 0 saturated heterocycles. The van der Waals surface area contributed by atoms with Crippen molar-refractivity contribution in [3.8, 4) is 5.75 Å². The lowest BCUT2D eigenvalue weighted by Crippen LogP contribution is -2.37. The van der Waals surface area contributed by atoms with Gasteiger partial charge in [-0.2, -0.15) is 0 Å². The van der Waals surface area contributed by atoms with Gasteiger partial charge in [-0.3, -0.25) is 14.6 Å². The highest BCUT2D eigenvalue weighted by molar-refractivity contribution is 7.98. The first-order valence-corrected chi connectivity index (χ1v) is 14.1. The van der Waals surface area contributed by atoms with Crippen molar-refractivity contribution in [3.05, 3.63) is 70.9 Å². The minimum absolute atomic E-state index is 0.169. The monoisotopic (exact) mass is 553 g/mol. The van der Waals surface area contributed by atoms with Crippen LogP contribution in [0.5, 0.6) is 5.75 Å². The van der Waals surface area contributed by atoms with Gasteiger partial charge in [-0.05, 0) is 75.3 Å². The summed E-state index contributed by atoms with van der Waals surface area (Å²) in [5, 5.41) is 0. The molecule has 2 aromatic carbocycles. The molecule has 0 spiro atoms. The third-order valence-electron chi connectivity index (χ3n) is 6.56. The van der Waals surface area contributed by atoms with Gasteiger partial charge in [0.25, 0.3) is 6.47 Å². The topological polar surface area (TPSA) is 100 Å². The average molecular weight is 554 g/mol. The summed E-state index contributed by atoms with van der Waals surface area (Å²) in [6.07, 6.45) is 2.07. The lowest BCUT2D eigenvalue weighted by atomic mass is 9.75. The predicted molar refractivity (Wildman–Crippen MR) is 150 cm³/mol. The van der Waals surface area contributed by atoms with Gasteiger partial charge in [0.1, 0.15) is 17.8 Å². The molecule has 3 unspecified atom stereocenters. The zero-order valence-electron chi connectivity index (χ0n) is 23.0. The molecule has 1 aliphatic heterocycles. The standard InChI is InChI=1S/C30H35NO7S/c1-6-36-29(33)26-19(3)31-24(15-16-25(38-18-32)20-11-13-22(35-4)14-12-20)28(30(34)37-7-2)27(26)21-9-8-10-23(17-21)39-5/h8-14,17-18,25-27H,6-7,15-16H2,1-5H3. The first-order chi connectivity index (χ1) is 18.9. The van der Waals surface area contributed by atoms with Crippen molar-refractivity contribution in [1.29, 1.82) is 0 Å². The van der Waals surface area contributed by atoms with Crippen LogP contribution in [0.2, 0.25) is 0 Å². The maximum atomic E-state index is 13.5. The second-order valence-electron chi connectivity index (χ2n) is 8.85. The number of carbonyl (C=O) groups is 3. The highest BCUT2D eigenvalue weighted by Gasteiger charge is 2.43. The Morgan fingerprint density at radius 1 is 1.08 bits per heavy atom. The number of thioether (sulfide) groups is 1. The van der Waals surface area contributed by atoms with Crippen LogP contribution in [0.15, 0.2) is 69.7 Å². The van der Waals surface area contributed by atoms with Crippen LogP contribution >= 0.6 is 11.8 Å². The van der Waals surface area contributed by atoms with Gasteiger partial charge in [0.05, 0.1) is 31.6 Å². The van der Waals surface area contributed by atoms with Gasteiger partial charge >= 0.3 is 11.9 Å². The van der Waals surface area contributed by atoms with Crippen molar-refractivity contribution >= 4 is 35.9 Å². The van der Waals surface area contributed by atoms with Gasteiger partial charge < -0.3 is 18.9 Å². The van der Waals surface area contributed by atoms with Crippen LogP contribution in [0.1, 0.15) is 56.8 Å². The molecule has 0 amide bonds. The molecule has 3 atom stereocenters. The molecule has 0 saturated carbocycles. The Morgan fingerprint density at radius 2 is 1.79 bits per heavy atom. The fraction of sp³-hybridized carbons (Fsp3) is 0.400. The van der Waals surface area contributed by atoms with E-state index < -0.39 is 29.9 Å². The summed E-state index contributed by atoms with van der Waals surface area (Å²) in [6, 6.07) is 15.0. The smallest absolute Gasteiger partial charge is 0.336 e. The lowest BCUT2D eigenvalue weighted by molar-refractivity contribution is -0.146. The van der Waals surface area contributed by atoms with Crippen molar-refractivity contribution in [1.82, 2.24) is 0 Å². The number of aliphatic imine (C=N–C) groups is 1. The third-order valence-corrected chi connectivity index (χ3v) is 7.28. The van der Waals surface area contributed by atoms with Crippen LogP contribution in [0.3, 0.4) is 0 Å². The van der Waals surface area contributed by atoms with Crippen molar-refractivity contribution in [2.45, 2.75) is 50.5 Å². The van der Waals surface area contributed by atoms with Gasteiger partial charge in [0, 0.05) is 16.5 Å². The summed E-state index contributed by atoms with van der Waals surface area (Å²) in [5.74, 6) is -1.72. The van der Waals surface area contributed by atoms with Crippen molar-refractivity contribution < 1.29 is 33.3 Å². The summed E-state index contributed by atoms with van der Waals surface area (Å²) >= 11 is 1.57. The number of methoxy groups -OCH3 is 1. The molecular weight excluding hydrogens is 518 g/mol. The minimum atomic E-state index is -0.783. The summed E-state index contributed by atoms with van der Waals surface area (Å²) in [7, 11) is 1.58. The van der Waals surface area contributed by atoms with E-state index in [4.69, 9.17) is 23.9 Å². The van der Waals surface area contributed by atoms with E-state index in [0.717, 1.165) is 16.0 Å². The SMILES string of the molecule is CCOC(=O)C1=C(CCC(OC=O)c2ccc(OC)cc2)N=C(C)C(C(=O)OCC)C1c1cccc(SC)c1. The van der Waals surface area contributed by atoms with Crippen LogP contribution in [0, 0.1) is 5.92 Å². The van der Waals surface area contributed by atoms with E-state index in [1.54, 1.807) is 51.8 Å². The zero-order chi connectivity index (χ0) is 28.4. The highest BCUT2D eigenvalue weighted by atomic mass is 32.2. The molecule has 39 heavy (non-hydrogen) atoms. The number of allylic oxidation sites excluding steroid dienone is 1. The number of benzene rings is 2. The van der Waals surface area contributed by atoms with Crippen molar-refractivity contribution in [2.24, 2.45) is 10.9 Å². The number of rotatable bonds is 13. The fourth-order valence-electron chi connectivity index (χ4n) is 4.77. The summed E-state index contributed by atoms with van der Waals surface area (Å²) in [4.78, 5) is 43.8. The van der Waals surface area contributed by atoms with E-state index in [1.807, 2.05) is 42.7 Å². The van der Waals surface area contributed by atoms with Crippen LogP contribution in [-0.4, -0.2) is 50.7 Å². The van der Waals surface area contributed by atoms with E-state index in [1.165, 1.54) is 0 Å². The van der Waals surface area contributed by atoms with Gasteiger partial charge in [0.2, 0.25) is 0 Å². The first-order valence-electron chi connectivity index (χ1n) is 12.9. The largest absolute Gasteiger partial charge is 0.497 e. The third kappa shape index (κ3) is 7.29. The summed E-state index contributed by atoms with van der Waals surface area (Å²) in [6.45, 7) is 6.05. The van der Waals surface area contributed by atoms with Gasteiger partial charge in [-0.15, -0.1) is 11.8 Å². The Morgan fingerprint density at radius 3 is 2.41 bits per heavy atom. The molecule has 1 heterocycles. The average Bonchev–Trinajstić information content (AvgIpc) is 2.95. The van der Waals surface area contributed by atoms with E-state index in [9.17, 15) is 14.4 Å². The quantitative estimate of drug-likeness (QED) is 0.135. The molecule has 0 bridgehead atoms. The van der Waals surface area contributed by atoms with E-state index in [2.05, 4.69) is 0 Å². The molecule has 0 fully saturated rings. The normalized spacial score (nSPS) is 17.6. The van der Waals surface area contributed by atoms with Gasteiger partial charge in [-0.25, -0.2) is 4.79 Å². The fourth-order valence-corrected chi connectivity index (χ4v) is 5.24. The van der Waals surface area contributed by atoms with Gasteiger partial charge in [0.15, 0.2) is 0 Å². The maximum Gasteiger partial charge on any atom is 0.336 e. The molecule has 9 heteroatoms. The molecule has 3 rings (SSSR count). The number of hydrogen-bond donors (Lipinski definition) is 0.